The van der Waals surface area contributed by atoms with Gasteiger partial charge in [0.1, 0.15) is 11.9 Å². The van der Waals surface area contributed by atoms with Crippen molar-refractivity contribution in [3.63, 3.8) is 0 Å². The van der Waals surface area contributed by atoms with Gasteiger partial charge in [0.25, 0.3) is 0 Å². The van der Waals surface area contributed by atoms with Crippen molar-refractivity contribution in [2.75, 3.05) is 5.32 Å². The molecule has 0 spiro atoms. The molecule has 5 heteroatoms. The van der Waals surface area contributed by atoms with Crippen molar-refractivity contribution in [1.29, 1.82) is 5.26 Å². The number of aryl methyl sites for hydroxylation is 1. The smallest absolute Gasteiger partial charge is 0.103 e. The Morgan fingerprint density at radius 2 is 2.35 bits per heavy atom. The fourth-order valence-electron chi connectivity index (χ4n) is 1.52. The van der Waals surface area contributed by atoms with Crippen LogP contribution in [0.4, 0.5) is 5.69 Å². The topological polar surface area (TPSA) is 64.5 Å². The number of imidazole rings is 1. The van der Waals surface area contributed by atoms with Crippen LogP contribution in [0, 0.1) is 18.3 Å². The minimum Gasteiger partial charge on any atom is -0.378 e. The van der Waals surface area contributed by atoms with E-state index < -0.39 is 0 Å². The molecule has 4 nitrogen and oxygen atoms in total. The first-order chi connectivity index (χ1) is 8.19. The maximum atomic E-state index is 9.01. The Labute approximate surface area is 108 Å². The van der Waals surface area contributed by atoms with E-state index in [2.05, 4.69) is 37.3 Å². The quantitative estimate of drug-likeness (QED) is 0.913. The standard InChI is InChI=1S/C12H11BrN4/c1-8-15-6-11(17-8)7-16-12-3-2-10(13)4-9(12)5-14/h2-4,6,16H,7H2,1H3,(H,15,17). The maximum Gasteiger partial charge on any atom is 0.103 e. The molecule has 2 rings (SSSR count). The van der Waals surface area contributed by atoms with Crippen LogP contribution >= 0.6 is 15.9 Å². The molecule has 0 amide bonds. The van der Waals surface area contributed by atoms with Crippen LogP contribution in [-0.2, 0) is 6.54 Å². The third kappa shape index (κ3) is 2.86. The highest BCUT2D eigenvalue weighted by atomic mass is 79.9. The lowest BCUT2D eigenvalue weighted by Gasteiger charge is -2.07. The van der Waals surface area contributed by atoms with Gasteiger partial charge < -0.3 is 10.3 Å². The zero-order valence-electron chi connectivity index (χ0n) is 9.29. The van der Waals surface area contributed by atoms with Crippen LogP contribution in [-0.4, -0.2) is 9.97 Å². The molecule has 2 aromatic rings. The Balaban J connectivity index is 2.12. The van der Waals surface area contributed by atoms with Crippen LogP contribution in [0.3, 0.4) is 0 Å². The van der Waals surface area contributed by atoms with E-state index in [1.807, 2.05) is 19.1 Å². The molecule has 0 bridgehead atoms. The zero-order chi connectivity index (χ0) is 12.3. The van der Waals surface area contributed by atoms with Crippen molar-refractivity contribution >= 4 is 21.6 Å². The third-order valence-electron chi connectivity index (χ3n) is 2.33. The zero-order valence-corrected chi connectivity index (χ0v) is 10.9. The molecule has 0 aliphatic heterocycles. The Hall–Kier alpha value is -1.80. The van der Waals surface area contributed by atoms with Gasteiger partial charge in [-0.25, -0.2) is 4.98 Å². The monoisotopic (exact) mass is 290 g/mol. The Kier molecular flexibility index (Phi) is 3.45. The summed E-state index contributed by atoms with van der Waals surface area (Å²) in [6.07, 6.45) is 1.78. The van der Waals surface area contributed by atoms with Gasteiger partial charge in [-0.1, -0.05) is 15.9 Å². The second-order valence-electron chi connectivity index (χ2n) is 3.65. The molecular formula is C12H11BrN4. The van der Waals surface area contributed by atoms with Crippen molar-refractivity contribution in [1.82, 2.24) is 9.97 Å². The average molecular weight is 291 g/mol. The first kappa shape index (κ1) is 11.7. The van der Waals surface area contributed by atoms with E-state index in [4.69, 9.17) is 5.26 Å². The fourth-order valence-corrected chi connectivity index (χ4v) is 1.88. The number of hydrogen-bond donors (Lipinski definition) is 2. The number of aromatic nitrogens is 2. The molecule has 0 fully saturated rings. The van der Waals surface area contributed by atoms with E-state index >= 15 is 0 Å². The fraction of sp³-hybridized carbons (Fsp3) is 0.167. The van der Waals surface area contributed by atoms with Crippen molar-refractivity contribution in [2.24, 2.45) is 0 Å². The largest absolute Gasteiger partial charge is 0.378 e. The summed E-state index contributed by atoms with van der Waals surface area (Å²) in [5.74, 6) is 0.887. The van der Waals surface area contributed by atoms with E-state index in [1.165, 1.54) is 0 Å². The van der Waals surface area contributed by atoms with Gasteiger partial charge in [-0.15, -0.1) is 0 Å². The second-order valence-corrected chi connectivity index (χ2v) is 4.56. The predicted octanol–water partition coefficient (Wildman–Crippen LogP) is 2.96. The second kappa shape index (κ2) is 5.02. The molecule has 0 aliphatic rings. The Bertz CT molecular complexity index is 568. The van der Waals surface area contributed by atoms with Crippen LogP contribution in [0.2, 0.25) is 0 Å². The summed E-state index contributed by atoms with van der Waals surface area (Å²) in [6.45, 7) is 2.53. The van der Waals surface area contributed by atoms with Crippen LogP contribution in [0.25, 0.3) is 0 Å². The van der Waals surface area contributed by atoms with Gasteiger partial charge >= 0.3 is 0 Å². The van der Waals surface area contributed by atoms with Crippen LogP contribution in [0.1, 0.15) is 17.1 Å². The molecule has 0 atom stereocenters. The van der Waals surface area contributed by atoms with E-state index in [0.29, 0.717) is 12.1 Å². The number of H-pyrrole nitrogens is 1. The van der Waals surface area contributed by atoms with E-state index in [9.17, 15) is 0 Å². The summed E-state index contributed by atoms with van der Waals surface area (Å²) in [5, 5.41) is 12.2. The molecule has 0 radical (unpaired) electrons. The summed E-state index contributed by atoms with van der Waals surface area (Å²) in [5.41, 5.74) is 2.44. The lowest BCUT2D eigenvalue weighted by Crippen LogP contribution is -2.01. The predicted molar refractivity (Wildman–Crippen MR) is 69.5 cm³/mol. The van der Waals surface area contributed by atoms with Gasteiger partial charge in [-0.2, -0.15) is 5.26 Å². The molecule has 17 heavy (non-hydrogen) atoms. The highest BCUT2D eigenvalue weighted by Gasteiger charge is 2.03. The normalized spacial score (nSPS) is 9.94. The molecule has 0 unspecified atom stereocenters. The van der Waals surface area contributed by atoms with Gasteiger partial charge in [-0.3, -0.25) is 0 Å². The summed E-state index contributed by atoms with van der Waals surface area (Å²) in [6, 6.07) is 7.74. The molecule has 1 aromatic carbocycles. The summed E-state index contributed by atoms with van der Waals surface area (Å²) < 4.78 is 0.900. The highest BCUT2D eigenvalue weighted by Crippen LogP contribution is 2.20. The highest BCUT2D eigenvalue weighted by molar-refractivity contribution is 9.10. The van der Waals surface area contributed by atoms with Gasteiger partial charge in [0.05, 0.1) is 29.7 Å². The van der Waals surface area contributed by atoms with Crippen molar-refractivity contribution in [3.8, 4) is 6.07 Å². The van der Waals surface area contributed by atoms with Gasteiger partial charge in [0.15, 0.2) is 0 Å². The number of nitrogens with one attached hydrogen (secondary N) is 2. The number of rotatable bonds is 3. The lowest BCUT2D eigenvalue weighted by atomic mass is 10.2. The minimum absolute atomic E-state index is 0.621. The van der Waals surface area contributed by atoms with Crippen molar-refractivity contribution < 1.29 is 0 Å². The summed E-state index contributed by atoms with van der Waals surface area (Å²) >= 11 is 3.34. The maximum absolute atomic E-state index is 9.01. The summed E-state index contributed by atoms with van der Waals surface area (Å²) in [7, 11) is 0. The number of hydrogen-bond acceptors (Lipinski definition) is 3. The number of aromatic amines is 1. The molecule has 1 aromatic heterocycles. The lowest BCUT2D eigenvalue weighted by molar-refractivity contribution is 1.05. The van der Waals surface area contributed by atoms with E-state index in [0.717, 1.165) is 21.7 Å². The third-order valence-corrected chi connectivity index (χ3v) is 2.82. The Morgan fingerprint density at radius 1 is 1.53 bits per heavy atom. The summed E-state index contributed by atoms with van der Waals surface area (Å²) in [4.78, 5) is 7.25. The van der Waals surface area contributed by atoms with Crippen LogP contribution in [0.15, 0.2) is 28.9 Å². The van der Waals surface area contributed by atoms with Crippen LogP contribution in [0.5, 0.6) is 0 Å². The van der Waals surface area contributed by atoms with Crippen molar-refractivity contribution in [2.45, 2.75) is 13.5 Å². The van der Waals surface area contributed by atoms with Gasteiger partial charge in [0, 0.05) is 4.47 Å². The number of anilines is 1. The molecule has 86 valence electrons. The van der Waals surface area contributed by atoms with E-state index in [1.54, 1.807) is 12.3 Å². The number of nitrogens with zero attached hydrogens (tertiary/aromatic N) is 2. The number of nitriles is 1. The Morgan fingerprint density at radius 3 is 3.00 bits per heavy atom. The molecule has 0 aliphatic carbocycles. The first-order valence-electron chi connectivity index (χ1n) is 5.13. The van der Waals surface area contributed by atoms with Crippen LogP contribution < -0.4 is 5.32 Å². The first-order valence-corrected chi connectivity index (χ1v) is 5.92. The molecular weight excluding hydrogens is 280 g/mol. The molecule has 1 heterocycles. The molecule has 0 saturated carbocycles. The van der Waals surface area contributed by atoms with Gasteiger partial charge in [0.2, 0.25) is 0 Å². The van der Waals surface area contributed by atoms with Gasteiger partial charge in [-0.05, 0) is 25.1 Å². The molecule has 0 saturated heterocycles. The average Bonchev–Trinajstić information content (AvgIpc) is 2.73. The SMILES string of the molecule is Cc1ncc(CNc2ccc(Br)cc2C#N)[nH]1. The minimum atomic E-state index is 0.621. The van der Waals surface area contributed by atoms with E-state index in [-0.39, 0.29) is 0 Å². The molecule has 2 N–H and O–H groups in total. The number of halogens is 1. The van der Waals surface area contributed by atoms with Crippen molar-refractivity contribution in [3.05, 3.63) is 46.0 Å². The number of benzene rings is 1.